The van der Waals surface area contributed by atoms with Crippen LogP contribution in [0.5, 0.6) is 0 Å². The lowest BCUT2D eigenvalue weighted by molar-refractivity contribution is -0.142. The van der Waals surface area contributed by atoms with Gasteiger partial charge in [-0.15, -0.1) is 0 Å². The van der Waals surface area contributed by atoms with Crippen LogP contribution in [0.3, 0.4) is 0 Å². The van der Waals surface area contributed by atoms with E-state index in [-0.39, 0.29) is 134 Å². The van der Waals surface area contributed by atoms with E-state index in [0.717, 1.165) is 15.7 Å². The van der Waals surface area contributed by atoms with Crippen LogP contribution in [-0.4, -0.2) is 331 Å². The fourth-order valence-electron chi connectivity index (χ4n) is 16.7. The number of hydrogen-bond donors (Lipinski definition) is 24. The molecule has 140 heavy (non-hydrogen) atoms. The van der Waals surface area contributed by atoms with Gasteiger partial charge in [-0.1, -0.05) is 133 Å². The van der Waals surface area contributed by atoms with Gasteiger partial charge in [0.1, 0.15) is 60.5 Å². The molecule has 744 valence electrons. The Morgan fingerprint density at radius 2 is 0.857 bits per heavy atom. The molecule has 0 radical (unpaired) electrons. The number of alkyl halides is 1. The summed E-state index contributed by atoms with van der Waals surface area (Å²) < 4.78 is 15.6. The van der Waals surface area contributed by atoms with Gasteiger partial charge in [0, 0.05) is 161 Å². The predicted octanol–water partition coefficient (Wildman–Crippen LogP) is -2.22. The van der Waals surface area contributed by atoms with Gasteiger partial charge < -0.3 is 111 Å². The minimum Gasteiger partial charge on any atom is -0.480 e. The van der Waals surface area contributed by atoms with E-state index in [0.29, 0.717) is 49.6 Å². The Labute approximate surface area is 801 Å². The van der Waals surface area contributed by atoms with E-state index >= 15 is 42.7 Å². The van der Waals surface area contributed by atoms with E-state index in [9.17, 15) is 54.0 Å². The Hall–Kier alpha value is -15.8. The summed E-state index contributed by atoms with van der Waals surface area (Å²) in [7, 11) is 0. The summed E-state index contributed by atoms with van der Waals surface area (Å²) in [5.74, 6) is -14.8. The number of nitrogens with zero attached hydrogens (tertiary/aromatic N) is 6. The molecule has 3 aromatic heterocycles. The molecule has 6 aromatic carbocycles. The third-order valence-electron chi connectivity index (χ3n) is 23.9. The lowest BCUT2D eigenvalue weighted by atomic mass is 9.98. The first-order chi connectivity index (χ1) is 67.2. The highest BCUT2D eigenvalue weighted by Crippen LogP contribution is 2.27. The highest BCUT2D eigenvalue weighted by molar-refractivity contribution is 6.09. The number of urea groups is 1. The molecule has 45 nitrogen and oxygen atoms in total. The smallest absolute Gasteiger partial charge is 0.330 e. The van der Waals surface area contributed by atoms with Gasteiger partial charge in [-0.05, 0) is 70.8 Å². The number of benzene rings is 6. The van der Waals surface area contributed by atoms with Gasteiger partial charge in [0.05, 0.1) is 45.7 Å². The average molecular weight is 1930 g/mol. The molecule has 2 aliphatic heterocycles. The van der Waals surface area contributed by atoms with Crippen LogP contribution in [0.25, 0.3) is 32.6 Å². The van der Waals surface area contributed by atoms with Gasteiger partial charge >= 0.3 is 23.9 Å². The Morgan fingerprint density at radius 1 is 0.443 bits per heavy atom. The van der Waals surface area contributed by atoms with Crippen LogP contribution in [-0.2, 0) is 94.4 Å². The molecule has 27 N–H and O–H groups in total. The molecule has 0 spiro atoms. The molecule has 2 aliphatic rings. The minimum atomic E-state index is -1.97. The largest absolute Gasteiger partial charge is 0.480 e. The number of likely N-dealkylation sites (tertiary alicyclic amines) is 1. The number of aliphatic hydroxyl groups is 1. The molecule has 2 unspecified atom stereocenters. The number of ketones is 1. The number of carbonyl (C=O) groups is 15. The van der Waals surface area contributed by atoms with Crippen LogP contribution in [0.15, 0.2) is 171 Å². The molecule has 0 bridgehead atoms. The first-order valence-corrected chi connectivity index (χ1v) is 45.5. The van der Waals surface area contributed by atoms with Crippen LogP contribution in [0.4, 0.5) is 9.18 Å². The third kappa shape index (κ3) is 31.6. The number of guanidine groups is 2. The number of aliphatic hydroxyl groups excluding tert-OH is 1. The first kappa shape index (κ1) is 105. The molecular weight excluding hydrogens is 1820 g/mol. The number of carboxylic acids is 3. The number of hydrogen-bond acceptors (Lipinski definition) is 23. The number of amides is 12. The monoisotopic (exact) mass is 1930 g/mol. The molecule has 0 saturated carbocycles. The minimum absolute atomic E-state index is 0.0232. The van der Waals surface area contributed by atoms with E-state index in [4.69, 9.17) is 28.0 Å². The molecule has 5 heterocycles. The normalized spacial score (nSPS) is 16.3. The van der Waals surface area contributed by atoms with Crippen molar-refractivity contribution in [1.29, 1.82) is 10.8 Å². The number of nitrogens with one attached hydrogen (secondary N) is 17. The zero-order valence-electron chi connectivity index (χ0n) is 76.5. The number of halogens is 1. The number of fused-ring (bicyclic) bond motifs is 3. The first-order valence-electron chi connectivity index (χ1n) is 45.5. The number of aromatic amines is 3. The number of primary amides is 1. The fourth-order valence-corrected chi connectivity index (χ4v) is 16.7. The van der Waals surface area contributed by atoms with E-state index in [1.54, 1.807) is 117 Å². The predicted molar refractivity (Wildman–Crippen MR) is 509 cm³/mol. The third-order valence-corrected chi connectivity index (χ3v) is 23.9. The van der Waals surface area contributed by atoms with Gasteiger partial charge in [-0.2, -0.15) is 0 Å². The van der Waals surface area contributed by atoms with Crippen LogP contribution in [0, 0.1) is 10.8 Å². The zero-order chi connectivity index (χ0) is 100. The summed E-state index contributed by atoms with van der Waals surface area (Å²) in [4.78, 5) is 233. The second-order valence-electron chi connectivity index (χ2n) is 34.2. The van der Waals surface area contributed by atoms with E-state index in [2.05, 4.69) is 78.5 Å². The maximum Gasteiger partial charge on any atom is 0.330 e. The van der Waals surface area contributed by atoms with Crippen molar-refractivity contribution >= 4 is 133 Å². The summed E-state index contributed by atoms with van der Waals surface area (Å²) >= 11 is 0. The summed E-state index contributed by atoms with van der Waals surface area (Å²) in [6, 6.07) is 24.8. The average Bonchev–Trinajstić information content (AvgIpc) is 1.67. The van der Waals surface area contributed by atoms with Crippen molar-refractivity contribution in [3.05, 3.63) is 210 Å². The molecular formula is C94H117FN26O19. The van der Waals surface area contributed by atoms with Crippen molar-refractivity contribution in [2.24, 2.45) is 17.2 Å². The fraction of sp³-hybridized carbons (Fsp3) is 0.383. The van der Waals surface area contributed by atoms with Gasteiger partial charge in [0.15, 0.2) is 17.7 Å². The number of imidazole rings is 1. The number of rotatable bonds is 46. The quantitative estimate of drug-likeness (QED) is 0.00632. The molecule has 2 saturated heterocycles. The van der Waals surface area contributed by atoms with Crippen molar-refractivity contribution in [3.63, 3.8) is 0 Å². The summed E-state index contributed by atoms with van der Waals surface area (Å²) in [5, 5.41) is 86.4. The number of carboxylic acid groups (broad SMARTS) is 3. The maximum absolute atomic E-state index is 15.6. The highest BCUT2D eigenvalue weighted by Gasteiger charge is 2.44. The Morgan fingerprint density at radius 3 is 1.34 bits per heavy atom. The molecule has 46 heteroatoms. The maximum atomic E-state index is 15.6. The van der Waals surface area contributed by atoms with Gasteiger partial charge in [0.25, 0.3) is 5.91 Å². The number of para-hydroxylation sites is 2. The van der Waals surface area contributed by atoms with Crippen LogP contribution in [0.1, 0.15) is 76.0 Å². The van der Waals surface area contributed by atoms with E-state index < -0.39 is 208 Å². The van der Waals surface area contributed by atoms with Crippen LogP contribution in [0.2, 0.25) is 0 Å². The number of aliphatic carboxylic acids is 3. The zero-order valence-corrected chi connectivity index (χ0v) is 76.5. The SMILES string of the molecule is N=C(N)NCCC[C@H](NC(=O)[C@@H](Cc1ccc2ccccc2c1)NC(=O)CN1CCN(CC(=O)O)CCN(CC(=O)O)CCN(CC(=O)O)CC1)C(=O)N[C@@H](Cc1c[nH]c2ccccc12)C(=O)N[C@@H](CO)C(=O)N[C@@H](Cc1cnc[nH]1)C(=O)N[C@H](CCCNC(=N)N)C(=O)N[C@@H](Cc1c[nH]c2ccccc12)C(=O)N[C@H](Cc1ccc(C(=O)c2ccccc2)cc1)C(=O)N1CC(F)CC1C(=O)NNC(N)=O. The topological polar surface area (TPSA) is 684 Å². The van der Waals surface area contributed by atoms with Gasteiger partial charge in [0.2, 0.25) is 53.2 Å². The molecule has 0 aliphatic carbocycles. The molecule has 10 atom stereocenters. The standard InChI is InChI=1S/C94H117FN26O19/c95-63-43-77(90(138)115-116-94(100)140)121(48-63)91(139)75(39-55-22-26-59(27-23-55)82(130)58-13-2-1-3-14-58)113-86(134)72(41-61-45-104-67-18-8-6-16-65(61)67)110-84(132)70(21-11-29-103-93(98)99)109-88(136)74(44-64-47-101-54-106-64)112-89(137)76(53-122)114-87(135)73(42-62-46-105-68-19-9-7-17-66(62)68)111-83(131)69(20-10-28-102-92(96)97)108-85(133)71(40-56-24-25-57-12-4-5-15-60(57)38-56)107-78(123)49-117-30-32-118(50-79(124)125)34-36-120(52-81(128)129)37-35-119(33-31-117)51-80(126)127/h1-9,12-19,22-27,38,45-47,54,63,69-77,104-105,122H,10-11,20-21,28-37,39-44,48-53H2,(H,101,106)(H,107,123)(H,108,133)(H,109,136)(H,110,132)(H,111,131)(H,112,137)(H,113,134)(H,114,135)(H,115,138)(H,124,125)(H,126,127)(H,128,129)(H4,96,97,102)(H4,98,99,103)(H3,100,116,140)/t63?,69-,70+,71+,72-,73-,74-,75+,76-,77?/m0/s1. The molecule has 9 aromatic rings. The van der Waals surface area contributed by atoms with Gasteiger partial charge in [-0.25, -0.2) is 19.6 Å². The molecule has 11 rings (SSSR count). The summed E-state index contributed by atoms with van der Waals surface area (Å²) in [5.41, 5.74) is 24.5. The second kappa shape index (κ2) is 51.4. The van der Waals surface area contributed by atoms with Crippen molar-refractivity contribution in [1.82, 2.24) is 108 Å². The molecule has 2 fully saturated rings. The van der Waals surface area contributed by atoms with E-state index in [1.165, 1.54) is 36.8 Å². The second-order valence-corrected chi connectivity index (χ2v) is 34.2. The number of aromatic nitrogens is 4. The summed E-state index contributed by atoms with van der Waals surface area (Å²) in [6.45, 7) is -3.06. The Kier molecular flexibility index (Phi) is 38.4. The number of H-pyrrole nitrogens is 3. The highest BCUT2D eigenvalue weighted by atomic mass is 19.1. The van der Waals surface area contributed by atoms with Crippen molar-refractivity contribution < 1.29 is 96.7 Å². The number of nitrogens with two attached hydrogens (primary N) is 3. The summed E-state index contributed by atoms with van der Waals surface area (Å²) in [6.07, 6.45) is 1.25. The number of carbonyl (C=O) groups excluding carboxylic acids is 12. The van der Waals surface area contributed by atoms with Crippen molar-refractivity contribution in [2.45, 2.75) is 125 Å². The van der Waals surface area contributed by atoms with Crippen molar-refractivity contribution in [3.8, 4) is 0 Å². The van der Waals surface area contributed by atoms with Crippen LogP contribution < -0.4 is 81.2 Å². The van der Waals surface area contributed by atoms with E-state index in [1.807, 2.05) is 41.8 Å². The number of hydrazine groups is 1. The Bertz CT molecular complexity index is 5860. The van der Waals surface area contributed by atoms with Crippen molar-refractivity contribution in [2.75, 3.05) is 105 Å². The van der Waals surface area contributed by atoms with Crippen LogP contribution >= 0.6 is 0 Å². The molecule has 12 amide bonds. The Balaban J connectivity index is 0.858. The van der Waals surface area contributed by atoms with Gasteiger partial charge in [-0.3, -0.25) is 103 Å². The lowest BCUT2D eigenvalue weighted by Crippen LogP contribution is -2.62. The lowest BCUT2D eigenvalue weighted by Gasteiger charge is -2.33.